The molecule has 4 heteroatoms. The molecule has 0 amide bonds. The third kappa shape index (κ3) is 3.66. The van der Waals surface area contributed by atoms with Crippen molar-refractivity contribution >= 4 is 11.7 Å². The summed E-state index contributed by atoms with van der Waals surface area (Å²) < 4.78 is 10.3. The van der Waals surface area contributed by atoms with E-state index in [1.54, 1.807) is 18.2 Å². The van der Waals surface area contributed by atoms with Gasteiger partial charge in [0.15, 0.2) is 5.75 Å². The van der Waals surface area contributed by atoms with Crippen LogP contribution < -0.4 is 10.5 Å². The van der Waals surface area contributed by atoms with E-state index >= 15 is 0 Å². The molecule has 1 aromatic rings. The van der Waals surface area contributed by atoms with Crippen molar-refractivity contribution in [2.45, 2.75) is 20.3 Å². The number of nitrogen functional groups attached to an aromatic ring is 1. The zero-order chi connectivity index (χ0) is 12.8. The maximum Gasteiger partial charge on any atom is 0.341 e. The van der Waals surface area contributed by atoms with Gasteiger partial charge in [0.25, 0.3) is 0 Å². The second-order valence-corrected chi connectivity index (χ2v) is 4.25. The monoisotopic (exact) mass is 237 g/mol. The minimum atomic E-state index is -0.433. The SMILES string of the molecule is COC(=O)c1cccc(N)c1OCCC(C)C. The number of nitrogens with two attached hydrogens (primary N) is 1. The van der Waals surface area contributed by atoms with Gasteiger partial charge in [-0.3, -0.25) is 0 Å². The Bertz CT molecular complexity index is 388. The van der Waals surface area contributed by atoms with Gasteiger partial charge in [-0.15, -0.1) is 0 Å². The molecule has 17 heavy (non-hydrogen) atoms. The van der Waals surface area contributed by atoms with Crippen LogP contribution in [0.25, 0.3) is 0 Å². The maximum atomic E-state index is 11.5. The van der Waals surface area contributed by atoms with Gasteiger partial charge in [0.05, 0.1) is 19.4 Å². The van der Waals surface area contributed by atoms with E-state index in [2.05, 4.69) is 18.6 Å². The smallest absolute Gasteiger partial charge is 0.341 e. The fraction of sp³-hybridized carbons (Fsp3) is 0.462. The molecule has 1 rings (SSSR count). The summed E-state index contributed by atoms with van der Waals surface area (Å²) in [7, 11) is 1.34. The Morgan fingerprint density at radius 3 is 2.71 bits per heavy atom. The van der Waals surface area contributed by atoms with Crippen LogP contribution in [-0.2, 0) is 4.74 Å². The van der Waals surface area contributed by atoms with E-state index in [9.17, 15) is 4.79 Å². The van der Waals surface area contributed by atoms with Gasteiger partial charge in [0, 0.05) is 0 Å². The Morgan fingerprint density at radius 2 is 2.12 bits per heavy atom. The Morgan fingerprint density at radius 1 is 1.41 bits per heavy atom. The molecular weight excluding hydrogens is 218 g/mol. The van der Waals surface area contributed by atoms with Crippen LogP contribution >= 0.6 is 0 Å². The predicted octanol–water partition coefficient (Wildman–Crippen LogP) is 2.48. The van der Waals surface area contributed by atoms with Gasteiger partial charge in [0.1, 0.15) is 5.56 Å². The Hall–Kier alpha value is -1.71. The molecule has 0 aromatic heterocycles. The first kappa shape index (κ1) is 13.4. The number of esters is 1. The molecule has 2 N–H and O–H groups in total. The van der Waals surface area contributed by atoms with Crippen LogP contribution in [0, 0.1) is 5.92 Å². The van der Waals surface area contributed by atoms with Crippen LogP contribution in [0.4, 0.5) is 5.69 Å². The summed E-state index contributed by atoms with van der Waals surface area (Å²) in [5.41, 5.74) is 6.62. The summed E-state index contributed by atoms with van der Waals surface area (Å²) >= 11 is 0. The highest BCUT2D eigenvalue weighted by molar-refractivity contribution is 5.94. The number of hydrogen-bond donors (Lipinski definition) is 1. The molecule has 0 atom stereocenters. The largest absolute Gasteiger partial charge is 0.491 e. The fourth-order valence-corrected chi connectivity index (χ4v) is 1.38. The standard InChI is InChI=1S/C13H19NO3/c1-9(2)7-8-17-12-10(13(15)16-3)5-4-6-11(12)14/h4-6,9H,7-8,14H2,1-3H3. The third-order valence-corrected chi connectivity index (χ3v) is 2.39. The van der Waals surface area contributed by atoms with Gasteiger partial charge in [-0.25, -0.2) is 4.79 Å². The van der Waals surface area contributed by atoms with Crippen molar-refractivity contribution in [1.82, 2.24) is 0 Å². The molecular formula is C13H19NO3. The lowest BCUT2D eigenvalue weighted by atomic mass is 10.1. The van der Waals surface area contributed by atoms with Gasteiger partial charge < -0.3 is 15.2 Å². The van der Waals surface area contributed by atoms with Crippen molar-refractivity contribution < 1.29 is 14.3 Å². The van der Waals surface area contributed by atoms with Crippen LogP contribution in [0.15, 0.2) is 18.2 Å². The van der Waals surface area contributed by atoms with Gasteiger partial charge >= 0.3 is 5.97 Å². The van der Waals surface area contributed by atoms with Gasteiger partial charge in [-0.05, 0) is 24.5 Å². The second-order valence-electron chi connectivity index (χ2n) is 4.25. The normalized spacial score (nSPS) is 10.4. The number of anilines is 1. The quantitative estimate of drug-likeness (QED) is 0.631. The number of benzene rings is 1. The van der Waals surface area contributed by atoms with E-state index in [1.165, 1.54) is 7.11 Å². The topological polar surface area (TPSA) is 61.5 Å². The first-order chi connectivity index (χ1) is 8.06. The molecule has 1 aromatic carbocycles. The highest BCUT2D eigenvalue weighted by Crippen LogP contribution is 2.27. The molecule has 0 saturated heterocycles. The van der Waals surface area contributed by atoms with E-state index in [0.29, 0.717) is 29.5 Å². The summed E-state index contributed by atoms with van der Waals surface area (Å²) in [6.07, 6.45) is 0.912. The van der Waals surface area contributed by atoms with E-state index in [1.807, 2.05) is 0 Å². The molecule has 0 saturated carbocycles. The molecule has 0 unspecified atom stereocenters. The van der Waals surface area contributed by atoms with Crippen molar-refractivity contribution in [3.63, 3.8) is 0 Å². The summed E-state index contributed by atoms with van der Waals surface area (Å²) in [5.74, 6) is 0.526. The lowest BCUT2D eigenvalue weighted by Crippen LogP contribution is -2.09. The van der Waals surface area contributed by atoms with E-state index in [-0.39, 0.29) is 0 Å². The Labute approximate surface area is 102 Å². The van der Waals surface area contributed by atoms with Crippen LogP contribution in [0.1, 0.15) is 30.6 Å². The number of hydrogen-bond acceptors (Lipinski definition) is 4. The lowest BCUT2D eigenvalue weighted by Gasteiger charge is -2.13. The van der Waals surface area contributed by atoms with Gasteiger partial charge in [-0.2, -0.15) is 0 Å². The molecule has 0 bridgehead atoms. The first-order valence-electron chi connectivity index (χ1n) is 5.65. The van der Waals surface area contributed by atoms with Crippen molar-refractivity contribution in [3.05, 3.63) is 23.8 Å². The summed E-state index contributed by atoms with van der Waals surface area (Å²) in [6, 6.07) is 5.06. The number of ether oxygens (including phenoxy) is 2. The van der Waals surface area contributed by atoms with Crippen molar-refractivity contribution in [2.24, 2.45) is 5.92 Å². The number of methoxy groups -OCH3 is 1. The second kappa shape index (κ2) is 6.13. The molecule has 0 radical (unpaired) electrons. The average Bonchev–Trinajstić information content (AvgIpc) is 2.29. The number of carbonyl (C=O) groups is 1. The molecule has 0 aliphatic heterocycles. The summed E-state index contributed by atoms with van der Waals surface area (Å²) in [4.78, 5) is 11.5. The van der Waals surface area contributed by atoms with E-state index < -0.39 is 5.97 Å². The Balaban J connectivity index is 2.84. The van der Waals surface area contributed by atoms with Crippen molar-refractivity contribution in [2.75, 3.05) is 19.5 Å². The Kier molecular flexibility index (Phi) is 4.82. The third-order valence-electron chi connectivity index (χ3n) is 2.39. The van der Waals surface area contributed by atoms with Gasteiger partial charge in [0.2, 0.25) is 0 Å². The molecule has 4 nitrogen and oxygen atoms in total. The summed E-state index contributed by atoms with van der Waals surface area (Å²) in [6.45, 7) is 4.76. The van der Waals surface area contributed by atoms with Gasteiger partial charge in [-0.1, -0.05) is 19.9 Å². The fourth-order valence-electron chi connectivity index (χ4n) is 1.38. The van der Waals surface area contributed by atoms with Crippen LogP contribution in [-0.4, -0.2) is 19.7 Å². The summed E-state index contributed by atoms with van der Waals surface area (Å²) in [5, 5.41) is 0. The molecule has 0 aliphatic rings. The first-order valence-corrected chi connectivity index (χ1v) is 5.65. The minimum absolute atomic E-state index is 0.372. The number of carbonyl (C=O) groups excluding carboxylic acids is 1. The minimum Gasteiger partial charge on any atom is -0.491 e. The lowest BCUT2D eigenvalue weighted by molar-refractivity contribution is 0.0596. The number of rotatable bonds is 5. The average molecular weight is 237 g/mol. The maximum absolute atomic E-state index is 11.5. The van der Waals surface area contributed by atoms with Crippen LogP contribution in [0.3, 0.4) is 0 Å². The van der Waals surface area contributed by atoms with Crippen LogP contribution in [0.5, 0.6) is 5.75 Å². The molecule has 0 fully saturated rings. The van der Waals surface area contributed by atoms with E-state index in [4.69, 9.17) is 10.5 Å². The van der Waals surface area contributed by atoms with Crippen LogP contribution in [0.2, 0.25) is 0 Å². The predicted molar refractivity (Wildman–Crippen MR) is 67.1 cm³/mol. The zero-order valence-corrected chi connectivity index (χ0v) is 10.5. The molecule has 0 spiro atoms. The molecule has 94 valence electrons. The van der Waals surface area contributed by atoms with Crippen molar-refractivity contribution in [1.29, 1.82) is 0 Å². The van der Waals surface area contributed by atoms with E-state index in [0.717, 1.165) is 6.42 Å². The zero-order valence-electron chi connectivity index (χ0n) is 10.5. The highest BCUT2D eigenvalue weighted by Gasteiger charge is 2.15. The number of para-hydroxylation sites is 1. The molecule has 0 aliphatic carbocycles. The van der Waals surface area contributed by atoms with Crippen molar-refractivity contribution in [3.8, 4) is 5.75 Å². The molecule has 0 heterocycles. The highest BCUT2D eigenvalue weighted by atomic mass is 16.5.